The van der Waals surface area contributed by atoms with E-state index >= 15 is 0 Å². The molecule has 0 amide bonds. The molecule has 1 aliphatic heterocycles. The molecule has 1 atom stereocenters. The van der Waals surface area contributed by atoms with Crippen LogP contribution in [0.4, 0.5) is 0 Å². The molecule has 1 saturated heterocycles. The van der Waals surface area contributed by atoms with Gasteiger partial charge in [-0.05, 0) is 30.6 Å². The van der Waals surface area contributed by atoms with E-state index in [2.05, 4.69) is 0 Å². The van der Waals surface area contributed by atoms with Crippen LogP contribution in [0.25, 0.3) is 0 Å². The number of ether oxygens (including phenoxy) is 1. The molecule has 0 bridgehead atoms. The molecule has 0 N–H and O–H groups in total. The molecule has 110 valence electrons. The zero-order chi connectivity index (χ0) is 12.9. The van der Waals surface area contributed by atoms with Crippen LogP contribution in [0.2, 0.25) is 0 Å². The first-order valence-electron chi connectivity index (χ1n) is 8.63. The van der Waals surface area contributed by atoms with Gasteiger partial charge in [0.05, 0.1) is 5.73 Å². The lowest BCUT2D eigenvalue weighted by Crippen LogP contribution is -2.28. The molecule has 3 fully saturated rings. The van der Waals surface area contributed by atoms with Crippen LogP contribution in [-0.4, -0.2) is 28.7 Å². The quantitative estimate of drug-likeness (QED) is 0.696. The highest BCUT2D eigenvalue weighted by molar-refractivity contribution is 6.29. The highest BCUT2D eigenvalue weighted by Crippen LogP contribution is 2.41. The lowest BCUT2D eigenvalue weighted by Gasteiger charge is -2.29. The summed E-state index contributed by atoms with van der Waals surface area (Å²) in [4.78, 5) is 0. The number of hydrogen-bond acceptors (Lipinski definition) is 2. The Morgan fingerprint density at radius 2 is 1.53 bits per heavy atom. The van der Waals surface area contributed by atoms with Crippen molar-refractivity contribution in [3.63, 3.8) is 0 Å². The monoisotopic (exact) mass is 282 g/mol. The molecule has 0 spiro atoms. The van der Waals surface area contributed by atoms with Crippen molar-refractivity contribution < 1.29 is 9.16 Å². The molecule has 2 aliphatic carbocycles. The lowest BCUT2D eigenvalue weighted by molar-refractivity contribution is 0.116. The second-order valence-corrected chi connectivity index (χ2v) is 8.58. The summed E-state index contributed by atoms with van der Waals surface area (Å²) in [5.74, 6) is 2.86. The molecule has 0 aromatic rings. The van der Waals surface area contributed by atoms with Crippen LogP contribution in [0.5, 0.6) is 0 Å². The first kappa shape index (κ1) is 14.1. The highest BCUT2D eigenvalue weighted by Gasteiger charge is 2.33. The fraction of sp³-hybridized carbons (Fsp3) is 1.00. The van der Waals surface area contributed by atoms with E-state index in [4.69, 9.17) is 9.16 Å². The smallest absolute Gasteiger partial charge is 0.190 e. The minimum Gasteiger partial charge on any atom is -0.421 e. The molecule has 0 aromatic heterocycles. The summed E-state index contributed by atoms with van der Waals surface area (Å²) in [6.45, 7) is 2.05. The van der Waals surface area contributed by atoms with Crippen LogP contribution < -0.4 is 0 Å². The molecule has 1 unspecified atom stereocenters. The third-order valence-electron chi connectivity index (χ3n) is 5.65. The maximum atomic E-state index is 6.22. The first-order chi connectivity index (χ1) is 9.43. The van der Waals surface area contributed by atoms with E-state index in [1.165, 1.54) is 64.2 Å². The zero-order valence-electron chi connectivity index (χ0n) is 12.3. The standard InChI is InChI=1S/C16H30O2Si/c1-2-7-13(6-1)15(14-8-3-4-9-14)12-18-19-16-10-5-11-17-16/h13-16H,1-12,19H2. The third-order valence-corrected chi connectivity index (χ3v) is 7.14. The molecule has 1 heterocycles. The number of rotatable bonds is 6. The average molecular weight is 282 g/mol. The topological polar surface area (TPSA) is 18.5 Å². The van der Waals surface area contributed by atoms with Gasteiger partial charge < -0.3 is 9.16 Å². The van der Waals surface area contributed by atoms with Crippen molar-refractivity contribution >= 4 is 9.76 Å². The maximum Gasteiger partial charge on any atom is 0.190 e. The van der Waals surface area contributed by atoms with Crippen molar-refractivity contribution in [2.24, 2.45) is 17.8 Å². The van der Waals surface area contributed by atoms with Gasteiger partial charge in [0.25, 0.3) is 0 Å². The largest absolute Gasteiger partial charge is 0.421 e. The Morgan fingerprint density at radius 1 is 0.895 bits per heavy atom. The van der Waals surface area contributed by atoms with Gasteiger partial charge in [0.2, 0.25) is 0 Å². The van der Waals surface area contributed by atoms with Crippen molar-refractivity contribution in [2.75, 3.05) is 13.2 Å². The molecular weight excluding hydrogens is 252 g/mol. The van der Waals surface area contributed by atoms with E-state index in [-0.39, 0.29) is 0 Å². The van der Waals surface area contributed by atoms with Crippen molar-refractivity contribution in [3.8, 4) is 0 Å². The van der Waals surface area contributed by atoms with Crippen molar-refractivity contribution in [3.05, 3.63) is 0 Å². The van der Waals surface area contributed by atoms with E-state index in [1.54, 1.807) is 0 Å². The summed E-state index contributed by atoms with van der Waals surface area (Å²) < 4.78 is 11.9. The minimum absolute atomic E-state index is 0.431. The lowest BCUT2D eigenvalue weighted by atomic mass is 9.80. The Bertz CT molecular complexity index is 237. The predicted octanol–water partition coefficient (Wildman–Crippen LogP) is 3.22. The minimum atomic E-state index is -0.431. The van der Waals surface area contributed by atoms with Crippen LogP contribution >= 0.6 is 0 Å². The van der Waals surface area contributed by atoms with Crippen molar-refractivity contribution in [1.29, 1.82) is 0 Å². The SMILES string of the molecule is C1COC([SiH2]OCC(C2CCCC2)C2CCCC2)C1. The molecule has 3 heteroatoms. The molecule has 0 radical (unpaired) electrons. The third kappa shape index (κ3) is 3.83. The maximum absolute atomic E-state index is 6.22. The Kier molecular flexibility index (Phi) is 5.36. The molecular formula is C16H30O2Si. The van der Waals surface area contributed by atoms with Gasteiger partial charge in [0.15, 0.2) is 9.76 Å². The average Bonchev–Trinajstić information content (AvgIpc) is 3.15. The molecule has 2 saturated carbocycles. The Labute approximate surface area is 120 Å². The molecule has 2 nitrogen and oxygen atoms in total. The first-order valence-corrected chi connectivity index (χ1v) is 10.0. The summed E-state index contributed by atoms with van der Waals surface area (Å²) >= 11 is 0. The van der Waals surface area contributed by atoms with Crippen LogP contribution in [0, 0.1) is 17.8 Å². The van der Waals surface area contributed by atoms with Gasteiger partial charge in [-0.15, -0.1) is 0 Å². The van der Waals surface area contributed by atoms with Gasteiger partial charge in [0, 0.05) is 13.2 Å². The fourth-order valence-electron chi connectivity index (χ4n) is 4.54. The zero-order valence-corrected chi connectivity index (χ0v) is 13.7. The Hall–Kier alpha value is 0.137. The summed E-state index contributed by atoms with van der Waals surface area (Å²) in [5.41, 5.74) is 0.535. The Morgan fingerprint density at radius 3 is 2.05 bits per heavy atom. The van der Waals surface area contributed by atoms with E-state index in [1.807, 2.05) is 0 Å². The van der Waals surface area contributed by atoms with Crippen molar-refractivity contribution in [2.45, 2.75) is 69.9 Å². The molecule has 3 aliphatic rings. The molecule has 3 rings (SSSR count). The Balaban J connectivity index is 1.46. The summed E-state index contributed by atoms with van der Waals surface area (Å²) in [6.07, 6.45) is 14.3. The van der Waals surface area contributed by atoms with E-state index in [0.717, 1.165) is 31.0 Å². The van der Waals surface area contributed by atoms with Gasteiger partial charge in [-0.3, -0.25) is 0 Å². The van der Waals surface area contributed by atoms with Crippen molar-refractivity contribution in [1.82, 2.24) is 0 Å². The van der Waals surface area contributed by atoms with Gasteiger partial charge in [-0.25, -0.2) is 0 Å². The second kappa shape index (κ2) is 7.23. The van der Waals surface area contributed by atoms with Crippen LogP contribution in [-0.2, 0) is 9.16 Å². The van der Waals surface area contributed by atoms with Gasteiger partial charge in [-0.2, -0.15) is 0 Å². The van der Waals surface area contributed by atoms with Gasteiger partial charge >= 0.3 is 0 Å². The normalized spacial score (nSPS) is 30.5. The van der Waals surface area contributed by atoms with Gasteiger partial charge in [0.1, 0.15) is 0 Å². The summed E-state index contributed by atoms with van der Waals surface area (Å²) in [5, 5.41) is 0. The molecule has 19 heavy (non-hydrogen) atoms. The highest BCUT2D eigenvalue weighted by atomic mass is 28.2. The molecule has 0 aromatic carbocycles. The van der Waals surface area contributed by atoms with Gasteiger partial charge in [-0.1, -0.05) is 51.4 Å². The number of hydrogen-bond donors (Lipinski definition) is 0. The fourth-order valence-corrected chi connectivity index (χ4v) is 5.93. The van der Waals surface area contributed by atoms with Crippen LogP contribution in [0.1, 0.15) is 64.2 Å². The van der Waals surface area contributed by atoms with Crippen LogP contribution in [0.3, 0.4) is 0 Å². The second-order valence-electron chi connectivity index (χ2n) is 6.93. The summed E-state index contributed by atoms with van der Waals surface area (Å²) in [6, 6.07) is 0. The van der Waals surface area contributed by atoms with E-state index in [9.17, 15) is 0 Å². The predicted molar refractivity (Wildman–Crippen MR) is 80.9 cm³/mol. The van der Waals surface area contributed by atoms with E-state index in [0.29, 0.717) is 5.73 Å². The van der Waals surface area contributed by atoms with Crippen LogP contribution in [0.15, 0.2) is 0 Å². The van der Waals surface area contributed by atoms with E-state index < -0.39 is 9.76 Å². The summed E-state index contributed by atoms with van der Waals surface area (Å²) in [7, 11) is -0.431.